The van der Waals surface area contributed by atoms with Crippen molar-refractivity contribution < 1.29 is 9.53 Å². The number of hydrogen-bond acceptors (Lipinski definition) is 2. The van der Waals surface area contributed by atoms with E-state index in [-0.39, 0.29) is 5.91 Å². The van der Waals surface area contributed by atoms with Gasteiger partial charge < -0.3 is 9.64 Å². The van der Waals surface area contributed by atoms with Gasteiger partial charge in [-0.15, -0.1) is 0 Å². The van der Waals surface area contributed by atoms with Crippen molar-refractivity contribution in [2.45, 2.75) is 13.8 Å². The zero-order valence-electron chi connectivity index (χ0n) is 12.7. The van der Waals surface area contributed by atoms with Gasteiger partial charge in [0.05, 0.1) is 6.61 Å². The van der Waals surface area contributed by atoms with Crippen LogP contribution in [-0.2, 0) is 0 Å². The van der Waals surface area contributed by atoms with Crippen LogP contribution in [0.3, 0.4) is 0 Å². The van der Waals surface area contributed by atoms with Crippen molar-refractivity contribution >= 4 is 11.6 Å². The molecule has 0 atom stereocenters. The minimum atomic E-state index is -0.0309. The van der Waals surface area contributed by atoms with E-state index in [1.165, 1.54) is 0 Å². The third kappa shape index (κ3) is 4.09. The number of rotatable bonds is 5. The van der Waals surface area contributed by atoms with E-state index in [4.69, 9.17) is 4.74 Å². The second-order valence-electron chi connectivity index (χ2n) is 5.43. The summed E-state index contributed by atoms with van der Waals surface area (Å²) in [5, 5.41) is 0. The topological polar surface area (TPSA) is 29.5 Å². The van der Waals surface area contributed by atoms with Crippen LogP contribution >= 0.6 is 0 Å². The zero-order chi connectivity index (χ0) is 15.2. The van der Waals surface area contributed by atoms with Gasteiger partial charge in [-0.25, -0.2) is 0 Å². The predicted octanol–water partition coefficient (Wildman–Crippen LogP) is 4.00. The summed E-state index contributed by atoms with van der Waals surface area (Å²) in [4.78, 5) is 14.1. The van der Waals surface area contributed by atoms with Crippen LogP contribution in [0.1, 0.15) is 24.2 Å². The summed E-state index contributed by atoms with van der Waals surface area (Å²) in [7, 11) is 1.78. The summed E-state index contributed by atoms with van der Waals surface area (Å²) in [6.45, 7) is 4.89. The second-order valence-corrected chi connectivity index (χ2v) is 5.43. The highest BCUT2D eigenvalue weighted by Crippen LogP contribution is 2.17. The van der Waals surface area contributed by atoms with E-state index in [1.54, 1.807) is 24.1 Å². The minimum Gasteiger partial charge on any atom is -0.493 e. The van der Waals surface area contributed by atoms with E-state index in [1.807, 2.05) is 42.5 Å². The normalized spacial score (nSPS) is 10.5. The first-order chi connectivity index (χ1) is 10.1. The van der Waals surface area contributed by atoms with Crippen molar-refractivity contribution in [1.29, 1.82) is 0 Å². The van der Waals surface area contributed by atoms with Gasteiger partial charge in [-0.1, -0.05) is 32.0 Å². The van der Waals surface area contributed by atoms with Crippen LogP contribution in [-0.4, -0.2) is 19.6 Å². The minimum absolute atomic E-state index is 0.0309. The summed E-state index contributed by atoms with van der Waals surface area (Å²) in [6, 6.07) is 16.9. The maximum absolute atomic E-state index is 12.4. The smallest absolute Gasteiger partial charge is 0.258 e. The molecule has 0 spiro atoms. The summed E-state index contributed by atoms with van der Waals surface area (Å²) >= 11 is 0. The van der Waals surface area contributed by atoms with Crippen molar-refractivity contribution in [1.82, 2.24) is 0 Å². The molecule has 3 heteroatoms. The van der Waals surface area contributed by atoms with E-state index in [2.05, 4.69) is 13.8 Å². The van der Waals surface area contributed by atoms with Crippen LogP contribution in [0, 0.1) is 5.92 Å². The Hall–Kier alpha value is -2.29. The van der Waals surface area contributed by atoms with Gasteiger partial charge >= 0.3 is 0 Å². The Morgan fingerprint density at radius 1 is 1.05 bits per heavy atom. The molecule has 2 rings (SSSR count). The molecule has 0 radical (unpaired) electrons. The first kappa shape index (κ1) is 15.1. The maximum Gasteiger partial charge on any atom is 0.258 e. The first-order valence-corrected chi connectivity index (χ1v) is 7.14. The van der Waals surface area contributed by atoms with E-state index >= 15 is 0 Å². The Labute approximate surface area is 126 Å². The number of nitrogens with zero attached hydrogens (tertiary/aromatic N) is 1. The molecule has 0 N–H and O–H groups in total. The van der Waals surface area contributed by atoms with Gasteiger partial charge in [-0.2, -0.15) is 0 Å². The Morgan fingerprint density at radius 3 is 2.24 bits per heavy atom. The predicted molar refractivity (Wildman–Crippen MR) is 86.0 cm³/mol. The lowest BCUT2D eigenvalue weighted by atomic mass is 10.2. The standard InChI is InChI=1S/C18H21NO2/c1-14(2)13-21-17-11-9-15(10-12-17)18(20)19(3)16-7-5-4-6-8-16/h4-12,14H,13H2,1-3H3. The highest BCUT2D eigenvalue weighted by molar-refractivity contribution is 6.05. The highest BCUT2D eigenvalue weighted by atomic mass is 16.5. The molecule has 110 valence electrons. The van der Waals surface area contributed by atoms with Gasteiger partial charge in [0.1, 0.15) is 5.75 Å². The van der Waals surface area contributed by atoms with Crippen molar-refractivity contribution in [3.8, 4) is 5.75 Å². The summed E-state index contributed by atoms with van der Waals surface area (Å²) < 4.78 is 5.62. The maximum atomic E-state index is 12.4. The van der Waals surface area contributed by atoms with E-state index in [0.717, 1.165) is 11.4 Å². The summed E-state index contributed by atoms with van der Waals surface area (Å²) in [5.41, 5.74) is 1.53. The van der Waals surface area contributed by atoms with Crippen molar-refractivity contribution in [2.24, 2.45) is 5.92 Å². The van der Waals surface area contributed by atoms with Crippen LogP contribution < -0.4 is 9.64 Å². The van der Waals surface area contributed by atoms with Crippen LogP contribution in [0.2, 0.25) is 0 Å². The van der Waals surface area contributed by atoms with Crippen LogP contribution in [0.5, 0.6) is 5.75 Å². The second kappa shape index (κ2) is 6.93. The van der Waals surface area contributed by atoms with Crippen molar-refractivity contribution in [3.05, 3.63) is 60.2 Å². The average molecular weight is 283 g/mol. The molecule has 21 heavy (non-hydrogen) atoms. The van der Waals surface area contributed by atoms with Crippen LogP contribution in [0.4, 0.5) is 5.69 Å². The van der Waals surface area contributed by atoms with Gasteiger partial charge in [-0.05, 0) is 42.3 Å². The lowest BCUT2D eigenvalue weighted by Gasteiger charge is -2.17. The van der Waals surface area contributed by atoms with E-state index < -0.39 is 0 Å². The van der Waals surface area contributed by atoms with E-state index in [9.17, 15) is 4.79 Å². The zero-order valence-corrected chi connectivity index (χ0v) is 12.7. The monoisotopic (exact) mass is 283 g/mol. The molecule has 0 heterocycles. The molecule has 0 bridgehead atoms. The molecule has 3 nitrogen and oxygen atoms in total. The quantitative estimate of drug-likeness (QED) is 0.830. The summed E-state index contributed by atoms with van der Waals surface area (Å²) in [6.07, 6.45) is 0. The van der Waals surface area contributed by atoms with Gasteiger partial charge in [-0.3, -0.25) is 4.79 Å². The lowest BCUT2D eigenvalue weighted by Crippen LogP contribution is -2.26. The number of anilines is 1. The largest absolute Gasteiger partial charge is 0.493 e. The summed E-state index contributed by atoms with van der Waals surface area (Å²) in [5.74, 6) is 1.25. The van der Waals surface area contributed by atoms with Gasteiger partial charge in [0.25, 0.3) is 5.91 Å². The Bertz CT molecular complexity index is 576. The third-order valence-electron chi connectivity index (χ3n) is 3.13. The molecular weight excluding hydrogens is 262 g/mol. The Balaban J connectivity index is 2.06. The molecule has 2 aromatic rings. The number of carbonyl (C=O) groups excluding carboxylic acids is 1. The Morgan fingerprint density at radius 2 is 1.67 bits per heavy atom. The van der Waals surface area contributed by atoms with Gasteiger partial charge in [0.15, 0.2) is 0 Å². The van der Waals surface area contributed by atoms with Gasteiger partial charge in [0, 0.05) is 18.3 Å². The fraction of sp³-hybridized carbons (Fsp3) is 0.278. The number of amides is 1. The molecule has 1 amide bonds. The SMILES string of the molecule is CC(C)COc1ccc(C(=O)N(C)c2ccccc2)cc1. The molecule has 0 saturated heterocycles. The van der Waals surface area contributed by atoms with Crippen molar-refractivity contribution in [2.75, 3.05) is 18.6 Å². The highest BCUT2D eigenvalue weighted by Gasteiger charge is 2.13. The molecule has 0 saturated carbocycles. The molecule has 0 aliphatic rings. The number of benzene rings is 2. The van der Waals surface area contributed by atoms with Crippen LogP contribution in [0.25, 0.3) is 0 Å². The van der Waals surface area contributed by atoms with E-state index in [0.29, 0.717) is 18.1 Å². The van der Waals surface area contributed by atoms with Crippen LogP contribution in [0.15, 0.2) is 54.6 Å². The average Bonchev–Trinajstić information content (AvgIpc) is 2.53. The fourth-order valence-electron chi connectivity index (χ4n) is 1.92. The van der Waals surface area contributed by atoms with Gasteiger partial charge in [0.2, 0.25) is 0 Å². The number of para-hydroxylation sites is 1. The number of ether oxygens (including phenoxy) is 1. The molecule has 2 aromatic carbocycles. The first-order valence-electron chi connectivity index (χ1n) is 7.14. The number of carbonyl (C=O) groups is 1. The Kier molecular flexibility index (Phi) is 4.99. The molecule has 0 unspecified atom stereocenters. The molecule has 0 aromatic heterocycles. The molecule has 0 fully saturated rings. The molecular formula is C18H21NO2. The third-order valence-corrected chi connectivity index (χ3v) is 3.13. The molecule has 0 aliphatic carbocycles. The molecule has 0 aliphatic heterocycles. The lowest BCUT2D eigenvalue weighted by molar-refractivity contribution is 0.0993. The fourth-order valence-corrected chi connectivity index (χ4v) is 1.92. The number of hydrogen-bond donors (Lipinski definition) is 0. The van der Waals surface area contributed by atoms with Crippen molar-refractivity contribution in [3.63, 3.8) is 0 Å².